The second-order valence-corrected chi connectivity index (χ2v) is 20.0. The summed E-state index contributed by atoms with van der Waals surface area (Å²) >= 11 is 0. The van der Waals surface area contributed by atoms with Gasteiger partial charge in [-0.15, -0.1) is 0 Å². The molecule has 8 rings (SSSR count). The number of nitrogens with one attached hydrogen (secondary N) is 1. The summed E-state index contributed by atoms with van der Waals surface area (Å²) in [5.74, 6) is -7.80. The van der Waals surface area contributed by atoms with E-state index in [-0.39, 0.29) is 35.3 Å². The van der Waals surface area contributed by atoms with Gasteiger partial charge in [-0.05, 0) is 66.8 Å². The molecule has 0 spiro atoms. The molecule has 12 atom stereocenters. The highest BCUT2D eigenvalue weighted by Gasteiger charge is 2.78. The zero-order valence-electron chi connectivity index (χ0n) is 41.8. The van der Waals surface area contributed by atoms with E-state index < -0.39 is 125 Å². The number of carbonyl (C=O) groups excluding carboxylic acids is 6. The number of aliphatic hydroxyl groups excluding tert-OH is 2. The Morgan fingerprint density at radius 3 is 1.88 bits per heavy atom. The van der Waals surface area contributed by atoms with Crippen LogP contribution in [0.25, 0.3) is 0 Å². The van der Waals surface area contributed by atoms with Gasteiger partial charge >= 0.3 is 29.8 Å². The van der Waals surface area contributed by atoms with Crippen LogP contribution in [-0.4, -0.2) is 122 Å². The van der Waals surface area contributed by atoms with E-state index in [0.29, 0.717) is 12.0 Å². The Balaban J connectivity index is 0.000000586. The Morgan fingerprint density at radius 1 is 0.797 bits per heavy atom. The van der Waals surface area contributed by atoms with Crippen molar-refractivity contribution in [3.05, 3.63) is 155 Å². The molecule has 18 nitrogen and oxygen atoms in total. The van der Waals surface area contributed by atoms with Gasteiger partial charge in [-0.25, -0.2) is 9.59 Å². The van der Waals surface area contributed by atoms with Crippen LogP contribution in [0.15, 0.2) is 132 Å². The first-order chi connectivity index (χ1) is 35.0. The van der Waals surface area contributed by atoms with Crippen LogP contribution in [0.3, 0.4) is 0 Å². The van der Waals surface area contributed by atoms with Gasteiger partial charge in [0.15, 0.2) is 23.6 Å². The van der Waals surface area contributed by atoms with Crippen molar-refractivity contribution < 1.29 is 77.7 Å². The molecule has 1 unspecified atom stereocenters. The summed E-state index contributed by atoms with van der Waals surface area (Å²) in [5, 5.41) is 48.8. The summed E-state index contributed by atoms with van der Waals surface area (Å²) in [5.41, 5.74) is -0.719. The predicted molar refractivity (Wildman–Crippen MR) is 263 cm³/mol. The predicted octanol–water partition coefficient (Wildman–Crippen LogP) is 4.38. The Hall–Kier alpha value is -7.09. The second kappa shape index (κ2) is 21.8. The molecule has 0 radical (unpaired) electrons. The van der Waals surface area contributed by atoms with Gasteiger partial charge in [0.2, 0.25) is 0 Å². The summed E-state index contributed by atoms with van der Waals surface area (Å²) in [4.78, 5) is 93.8. The molecule has 4 aliphatic rings. The van der Waals surface area contributed by atoms with Crippen molar-refractivity contribution in [1.82, 2.24) is 5.32 Å². The summed E-state index contributed by atoms with van der Waals surface area (Å²) < 4.78 is 30.3. The lowest BCUT2D eigenvalue weighted by molar-refractivity contribution is -0.346. The van der Waals surface area contributed by atoms with Crippen LogP contribution in [0, 0.1) is 16.7 Å². The van der Waals surface area contributed by atoms with Crippen LogP contribution in [0.1, 0.15) is 92.3 Å². The van der Waals surface area contributed by atoms with Crippen LogP contribution in [-0.2, 0) is 54.1 Å². The number of esters is 4. The Kier molecular flexibility index (Phi) is 16.1. The molecule has 1 aliphatic heterocycles. The molecule has 3 aliphatic carbocycles. The van der Waals surface area contributed by atoms with Crippen molar-refractivity contribution in [2.24, 2.45) is 22.5 Å². The Labute approximate surface area is 427 Å². The number of aliphatic hydroxyl groups is 3. The van der Waals surface area contributed by atoms with E-state index in [9.17, 15) is 44.1 Å². The van der Waals surface area contributed by atoms with E-state index in [1.807, 2.05) is 30.3 Å². The number of hydrogen-bond acceptors (Lipinski definition) is 16. The molecule has 0 aromatic heterocycles. The number of rotatable bonds is 13. The molecule has 74 heavy (non-hydrogen) atoms. The number of carboxylic acids is 1. The number of nitrogens with two attached hydrogens (primary N) is 1. The van der Waals surface area contributed by atoms with Crippen LogP contribution in [0.2, 0.25) is 0 Å². The lowest BCUT2D eigenvalue weighted by atomic mass is 9.44. The number of carbonyl (C=O) groups is 7. The molecule has 2 bridgehead atoms. The van der Waals surface area contributed by atoms with Gasteiger partial charge in [0.05, 0.1) is 35.6 Å². The van der Waals surface area contributed by atoms with Crippen LogP contribution in [0.4, 0.5) is 0 Å². The molecule has 4 aromatic carbocycles. The number of Topliss-reactive ketones (excluding diaryl/α,β-unsaturated/α-hetero) is 1. The average molecular weight is 1020 g/mol. The van der Waals surface area contributed by atoms with Gasteiger partial charge < -0.3 is 55.2 Å². The van der Waals surface area contributed by atoms with Gasteiger partial charge in [-0.2, -0.15) is 0 Å². The molecule has 392 valence electrons. The number of amides is 1. The fraction of sp³-hybridized carbons (Fsp3) is 0.411. The first-order valence-electron chi connectivity index (χ1n) is 24.2. The smallest absolute Gasteiger partial charge is 0.338 e. The number of benzene rings is 4. The zero-order valence-corrected chi connectivity index (χ0v) is 41.8. The second-order valence-electron chi connectivity index (χ2n) is 20.0. The third-order valence-electron chi connectivity index (χ3n) is 15.1. The number of carboxylic acid groups (broad SMARTS) is 1. The van der Waals surface area contributed by atoms with Crippen molar-refractivity contribution in [3.8, 4) is 0 Å². The van der Waals surface area contributed by atoms with Gasteiger partial charge in [-0.3, -0.25) is 24.0 Å². The molecule has 1 saturated heterocycles. The first-order valence-corrected chi connectivity index (χ1v) is 24.2. The van der Waals surface area contributed by atoms with Crippen LogP contribution < -0.4 is 11.1 Å². The Morgan fingerprint density at radius 2 is 1.35 bits per heavy atom. The van der Waals surface area contributed by atoms with Gasteiger partial charge in [-0.1, -0.05) is 111 Å². The molecule has 18 heteroatoms. The van der Waals surface area contributed by atoms with Gasteiger partial charge in [0.25, 0.3) is 5.91 Å². The highest BCUT2D eigenvalue weighted by Crippen LogP contribution is 2.64. The molecule has 2 saturated carbocycles. The van der Waals surface area contributed by atoms with Crippen molar-refractivity contribution in [2.45, 2.75) is 121 Å². The van der Waals surface area contributed by atoms with Crippen molar-refractivity contribution >= 4 is 41.5 Å². The number of ketones is 1. The number of ether oxygens (including phenoxy) is 5. The SMILES string of the molecule is CC(=O)O[C@H]1C(=O)[C@@]2(C)[C@H]([C@H](OC(=O)c3ccccc3)[C@]3(O)C[C@H](OC(=O)[C@H](O)[C@@H](NC(=O)c4ccccc4)c4ccccc4)C(C)=C1C3(C)C)[C@]1(OC(C)=O)CO[C@@H]1C[C@@H]2O.NC(Cc1ccccc1)C(=O)O. The fourth-order valence-corrected chi connectivity index (χ4v) is 11.1. The van der Waals surface area contributed by atoms with E-state index in [1.165, 1.54) is 26.0 Å². The third-order valence-corrected chi connectivity index (χ3v) is 15.1. The summed E-state index contributed by atoms with van der Waals surface area (Å²) in [6, 6.07) is 31.5. The lowest BCUT2D eigenvalue weighted by Crippen LogP contribution is -2.82. The van der Waals surface area contributed by atoms with Crippen molar-refractivity contribution in [1.29, 1.82) is 0 Å². The lowest BCUT2D eigenvalue weighted by Gasteiger charge is -2.67. The fourth-order valence-electron chi connectivity index (χ4n) is 11.1. The van der Waals surface area contributed by atoms with Gasteiger partial charge in [0.1, 0.15) is 30.0 Å². The summed E-state index contributed by atoms with van der Waals surface area (Å²) in [6.07, 6.45) is -10.1. The van der Waals surface area contributed by atoms with E-state index >= 15 is 4.79 Å². The van der Waals surface area contributed by atoms with E-state index in [4.69, 9.17) is 34.5 Å². The highest BCUT2D eigenvalue weighted by atomic mass is 16.6. The zero-order chi connectivity index (χ0) is 53.9. The third kappa shape index (κ3) is 10.4. The van der Waals surface area contributed by atoms with Crippen LogP contribution in [0.5, 0.6) is 0 Å². The van der Waals surface area contributed by atoms with E-state index in [1.54, 1.807) is 92.7 Å². The van der Waals surface area contributed by atoms with Crippen molar-refractivity contribution in [2.75, 3.05) is 6.61 Å². The maximum atomic E-state index is 15.5. The molecule has 1 heterocycles. The molecule has 4 aromatic rings. The topological polar surface area (TPSA) is 285 Å². The number of aliphatic carboxylic acids is 1. The normalized spacial score (nSPS) is 28.7. The molecular weight excluding hydrogens is 957 g/mol. The minimum atomic E-state index is -2.39. The van der Waals surface area contributed by atoms with Gasteiger partial charge in [0, 0.05) is 37.7 Å². The van der Waals surface area contributed by atoms with E-state index in [2.05, 4.69) is 5.32 Å². The standard InChI is InChI=1S/C47H51NO14.C9H11NO2/c1-25-31(60-43(56)36(52)35(28-16-10-7-11-17-28)48-41(54)29-18-12-8-13-19-29)23-47(57)40(61-42(55)30-20-14-9-15-21-30)38-45(6,32(51)22-33-46(38,24-58-33)62-27(3)50)39(53)37(59-26(2)49)34(25)44(47,4)5;10-8(9(11)12)6-7-4-2-1-3-5-7/h7-21,31-33,35-38,40,51-52,57H,22-24H2,1-6H3,(H,48,54);1-5,8H,6,10H2,(H,11,12)/t31-,32-,33+,35-,36+,37+,38-,40-,45+,46-,47+;/m0./s1. The maximum Gasteiger partial charge on any atom is 0.338 e. The Bertz CT molecular complexity index is 2770. The quantitative estimate of drug-likeness (QED) is 0.0616. The summed E-state index contributed by atoms with van der Waals surface area (Å²) in [6.45, 7) is 7.97. The summed E-state index contributed by atoms with van der Waals surface area (Å²) in [7, 11) is 0. The number of hydrogen-bond donors (Lipinski definition) is 6. The minimum absolute atomic E-state index is 0.00289. The largest absolute Gasteiger partial charge is 0.480 e. The minimum Gasteiger partial charge on any atom is -0.480 e. The molecule has 7 N–H and O–H groups in total. The molecule has 1 amide bonds. The first kappa shape index (κ1) is 54.7. The average Bonchev–Trinajstić information content (AvgIpc) is 3.38. The monoisotopic (exact) mass is 1020 g/mol. The highest BCUT2D eigenvalue weighted by molar-refractivity contribution is 5.96. The van der Waals surface area contributed by atoms with Crippen molar-refractivity contribution in [3.63, 3.8) is 0 Å². The van der Waals surface area contributed by atoms with E-state index in [0.717, 1.165) is 19.4 Å². The maximum absolute atomic E-state index is 15.5. The molecular formula is C56H62N2O16. The molecule has 3 fully saturated rings. The van der Waals surface area contributed by atoms with Crippen LogP contribution >= 0.6 is 0 Å². The number of fused-ring (bicyclic) bond motifs is 5.